The van der Waals surface area contributed by atoms with Crippen LogP contribution < -0.4 is 10.9 Å². The summed E-state index contributed by atoms with van der Waals surface area (Å²) in [5.41, 5.74) is -0.477. The number of aromatic carboxylic acids is 1. The van der Waals surface area contributed by atoms with E-state index in [0.29, 0.717) is 0 Å². The number of hydrogen-bond donors (Lipinski definition) is 3. The van der Waals surface area contributed by atoms with Gasteiger partial charge in [-0.2, -0.15) is 10.2 Å². The third-order valence-corrected chi connectivity index (χ3v) is 2.24. The summed E-state index contributed by atoms with van der Waals surface area (Å²) in [5.74, 6) is -1.73. The third-order valence-electron chi connectivity index (χ3n) is 2.24. The molecule has 9 nitrogen and oxygen atoms in total. The molecule has 2 aromatic rings. The van der Waals surface area contributed by atoms with Crippen molar-refractivity contribution in [1.82, 2.24) is 20.0 Å². The summed E-state index contributed by atoms with van der Waals surface area (Å²) in [5, 5.41) is 20.6. The molecule has 0 aliphatic carbocycles. The van der Waals surface area contributed by atoms with Crippen LogP contribution in [-0.2, 0) is 7.05 Å². The fraction of sp³-hybridized carbons (Fsp3) is 0.100. The molecule has 2 rings (SSSR count). The predicted octanol–water partition coefficient (Wildman–Crippen LogP) is -0.546. The van der Waals surface area contributed by atoms with E-state index in [0.717, 1.165) is 4.68 Å². The highest BCUT2D eigenvalue weighted by atomic mass is 16.4. The van der Waals surface area contributed by atoms with Gasteiger partial charge < -0.3 is 10.4 Å². The number of hydrogen-bond acceptors (Lipinski definition) is 5. The number of aromatic amines is 1. The number of carboxylic acid groups (broad SMARTS) is 1. The maximum Gasteiger partial charge on any atom is 0.353 e. The molecule has 0 radical (unpaired) electrons. The topological polar surface area (TPSA) is 130 Å². The Balaban J connectivity index is 2.18. The predicted molar refractivity (Wildman–Crippen MR) is 63.0 cm³/mol. The minimum Gasteiger partial charge on any atom is -0.477 e. The molecule has 98 valence electrons. The van der Waals surface area contributed by atoms with Crippen LogP contribution in [0.1, 0.15) is 21.0 Å². The molecule has 0 aromatic carbocycles. The Morgan fingerprint density at radius 3 is 2.74 bits per heavy atom. The van der Waals surface area contributed by atoms with Crippen LogP contribution in [0.15, 0.2) is 23.0 Å². The fourth-order valence-electron chi connectivity index (χ4n) is 1.30. The van der Waals surface area contributed by atoms with Gasteiger partial charge in [0.15, 0.2) is 5.82 Å². The van der Waals surface area contributed by atoms with Gasteiger partial charge in [0, 0.05) is 19.2 Å². The summed E-state index contributed by atoms with van der Waals surface area (Å²) in [6, 6.07) is 3.64. The number of nitrogens with one attached hydrogen (secondary N) is 2. The lowest BCUT2D eigenvalue weighted by atomic mass is 10.3. The number of nitrogens with zero attached hydrogens (tertiary/aromatic N) is 3. The van der Waals surface area contributed by atoms with E-state index in [1.165, 1.54) is 25.2 Å². The van der Waals surface area contributed by atoms with E-state index in [1.807, 2.05) is 0 Å². The van der Waals surface area contributed by atoms with Crippen LogP contribution in [0, 0.1) is 0 Å². The normalized spacial score (nSPS) is 10.2. The Morgan fingerprint density at radius 1 is 1.42 bits per heavy atom. The Morgan fingerprint density at radius 2 is 2.16 bits per heavy atom. The van der Waals surface area contributed by atoms with Gasteiger partial charge in [0.2, 0.25) is 0 Å². The van der Waals surface area contributed by atoms with Crippen LogP contribution in [0.2, 0.25) is 0 Å². The Hall–Kier alpha value is -2.97. The summed E-state index contributed by atoms with van der Waals surface area (Å²) in [6.45, 7) is 0. The first-order chi connectivity index (χ1) is 8.97. The molecule has 0 atom stereocenters. The fourth-order valence-corrected chi connectivity index (χ4v) is 1.30. The highest BCUT2D eigenvalue weighted by molar-refractivity contribution is 6.02. The SMILES string of the molecule is Cn1nc(C(=O)Nc2cc(C(=O)O)[nH]n2)ccc1=O. The molecule has 0 saturated heterocycles. The van der Waals surface area contributed by atoms with Crippen molar-refractivity contribution < 1.29 is 14.7 Å². The van der Waals surface area contributed by atoms with Crippen LogP contribution in [0.25, 0.3) is 0 Å². The summed E-state index contributed by atoms with van der Waals surface area (Å²) < 4.78 is 1.02. The van der Waals surface area contributed by atoms with Gasteiger partial charge in [0.25, 0.3) is 11.5 Å². The zero-order valence-corrected chi connectivity index (χ0v) is 9.75. The second-order valence-electron chi connectivity index (χ2n) is 3.61. The van der Waals surface area contributed by atoms with Crippen molar-refractivity contribution in [1.29, 1.82) is 0 Å². The van der Waals surface area contributed by atoms with E-state index in [4.69, 9.17) is 5.11 Å². The summed E-state index contributed by atoms with van der Waals surface area (Å²) >= 11 is 0. The van der Waals surface area contributed by atoms with Crippen LogP contribution in [0.5, 0.6) is 0 Å². The van der Waals surface area contributed by atoms with Crippen LogP contribution in [0.4, 0.5) is 5.82 Å². The van der Waals surface area contributed by atoms with Gasteiger partial charge in [-0.25, -0.2) is 9.48 Å². The highest BCUT2D eigenvalue weighted by Gasteiger charge is 2.13. The van der Waals surface area contributed by atoms with Crippen molar-refractivity contribution in [3.05, 3.63) is 39.9 Å². The van der Waals surface area contributed by atoms with Gasteiger partial charge in [-0.15, -0.1) is 0 Å². The number of carboxylic acids is 1. The number of aryl methyl sites for hydroxylation is 1. The first-order valence-corrected chi connectivity index (χ1v) is 5.12. The van der Waals surface area contributed by atoms with Gasteiger partial charge in [-0.1, -0.05) is 0 Å². The van der Waals surface area contributed by atoms with E-state index in [1.54, 1.807) is 0 Å². The molecule has 2 heterocycles. The van der Waals surface area contributed by atoms with Crippen molar-refractivity contribution in [2.24, 2.45) is 7.05 Å². The molecule has 0 spiro atoms. The molecule has 0 unspecified atom stereocenters. The summed E-state index contributed by atoms with van der Waals surface area (Å²) in [4.78, 5) is 33.5. The summed E-state index contributed by atoms with van der Waals surface area (Å²) in [7, 11) is 1.41. The molecular formula is C10H9N5O4. The Kier molecular flexibility index (Phi) is 3.10. The molecule has 0 fully saturated rings. The number of aromatic nitrogens is 4. The lowest BCUT2D eigenvalue weighted by Crippen LogP contribution is -2.23. The lowest BCUT2D eigenvalue weighted by molar-refractivity contribution is 0.0690. The first kappa shape index (κ1) is 12.5. The van der Waals surface area contributed by atoms with Gasteiger partial charge in [-0.05, 0) is 6.07 Å². The maximum atomic E-state index is 11.8. The zero-order chi connectivity index (χ0) is 14.0. The largest absolute Gasteiger partial charge is 0.477 e. The molecule has 19 heavy (non-hydrogen) atoms. The average molecular weight is 263 g/mol. The quantitative estimate of drug-likeness (QED) is 0.681. The number of rotatable bonds is 3. The van der Waals surface area contributed by atoms with E-state index in [9.17, 15) is 14.4 Å². The van der Waals surface area contributed by atoms with Crippen molar-refractivity contribution in [3.63, 3.8) is 0 Å². The number of amides is 1. The van der Waals surface area contributed by atoms with Gasteiger partial charge >= 0.3 is 5.97 Å². The maximum absolute atomic E-state index is 11.8. The summed E-state index contributed by atoms with van der Waals surface area (Å²) in [6.07, 6.45) is 0. The smallest absolute Gasteiger partial charge is 0.353 e. The Labute approximate surface area is 105 Å². The number of carbonyl (C=O) groups excluding carboxylic acids is 1. The minimum absolute atomic E-state index is 0.0157. The zero-order valence-electron chi connectivity index (χ0n) is 9.75. The van der Waals surface area contributed by atoms with Crippen molar-refractivity contribution in [2.75, 3.05) is 5.32 Å². The van der Waals surface area contributed by atoms with Crippen molar-refractivity contribution in [2.45, 2.75) is 0 Å². The van der Waals surface area contributed by atoms with Crippen molar-refractivity contribution >= 4 is 17.7 Å². The van der Waals surface area contributed by atoms with Crippen LogP contribution >= 0.6 is 0 Å². The first-order valence-electron chi connectivity index (χ1n) is 5.12. The van der Waals surface area contributed by atoms with Gasteiger partial charge in [-0.3, -0.25) is 14.7 Å². The van der Waals surface area contributed by atoms with Gasteiger partial charge in [0.05, 0.1) is 0 Å². The molecule has 2 aromatic heterocycles. The monoisotopic (exact) mass is 263 g/mol. The van der Waals surface area contributed by atoms with Crippen LogP contribution in [0.3, 0.4) is 0 Å². The molecule has 0 saturated carbocycles. The minimum atomic E-state index is -1.19. The number of anilines is 1. The molecule has 9 heteroatoms. The average Bonchev–Trinajstić information content (AvgIpc) is 2.81. The van der Waals surface area contributed by atoms with E-state index in [2.05, 4.69) is 20.6 Å². The highest BCUT2D eigenvalue weighted by Crippen LogP contribution is 2.06. The number of H-pyrrole nitrogens is 1. The van der Waals surface area contributed by atoms with E-state index >= 15 is 0 Å². The molecule has 3 N–H and O–H groups in total. The van der Waals surface area contributed by atoms with E-state index < -0.39 is 11.9 Å². The molecule has 0 aliphatic heterocycles. The van der Waals surface area contributed by atoms with E-state index in [-0.39, 0.29) is 22.8 Å². The second-order valence-corrected chi connectivity index (χ2v) is 3.61. The van der Waals surface area contributed by atoms with Crippen molar-refractivity contribution in [3.8, 4) is 0 Å². The second kappa shape index (κ2) is 4.72. The Bertz CT molecular complexity index is 702. The standard InChI is InChI=1S/C10H9N5O4/c1-15-8(16)3-2-5(14-15)9(17)11-7-4-6(10(18)19)12-13-7/h2-4H,1H3,(H,18,19)(H2,11,12,13,17). The lowest BCUT2D eigenvalue weighted by Gasteiger charge is -2.01. The third kappa shape index (κ3) is 2.65. The number of carbonyl (C=O) groups is 2. The molecule has 0 bridgehead atoms. The molecule has 1 amide bonds. The van der Waals surface area contributed by atoms with Crippen LogP contribution in [-0.4, -0.2) is 37.0 Å². The molecular weight excluding hydrogens is 254 g/mol. The van der Waals surface area contributed by atoms with Gasteiger partial charge in [0.1, 0.15) is 11.4 Å². The molecule has 0 aliphatic rings.